The highest BCUT2D eigenvalue weighted by atomic mass is 127. The lowest BCUT2D eigenvalue weighted by molar-refractivity contribution is 0.0774. The van der Waals surface area contributed by atoms with Gasteiger partial charge < -0.3 is 9.32 Å². The summed E-state index contributed by atoms with van der Waals surface area (Å²) < 4.78 is 7.09. The second-order valence-corrected chi connectivity index (χ2v) is 6.16. The summed E-state index contributed by atoms with van der Waals surface area (Å²) in [6.45, 7) is 2.46. The van der Waals surface area contributed by atoms with Crippen LogP contribution in [0.1, 0.15) is 21.7 Å². The van der Waals surface area contributed by atoms with Gasteiger partial charge in [-0.05, 0) is 69.2 Å². The molecule has 1 aromatic carbocycles. The van der Waals surface area contributed by atoms with Gasteiger partial charge in [-0.3, -0.25) is 4.79 Å². The average Bonchev–Trinajstić information content (AvgIpc) is 2.77. The normalized spacial score (nSPS) is 10.5. The molecule has 0 spiro atoms. The number of carbonyl (C=O) groups is 1. The highest BCUT2D eigenvalue weighted by molar-refractivity contribution is 14.1. The third kappa shape index (κ3) is 3.39. The maximum atomic E-state index is 12.4. The first-order chi connectivity index (χ1) is 8.99. The van der Waals surface area contributed by atoms with Crippen LogP contribution in [0, 0.1) is 10.5 Å². The molecule has 0 unspecified atom stereocenters. The molecule has 3 nitrogen and oxygen atoms in total. The molecule has 100 valence electrons. The standard InChI is InChI=1S/C14H13BrINO2/c1-9-4-3-5-11(13(9)16)14(18)17(2)8-10-6-7-12(15)19-10/h3-7H,8H2,1-2H3. The predicted octanol–water partition coefficient (Wildman–Crippen LogP) is 4.23. The summed E-state index contributed by atoms with van der Waals surface area (Å²) >= 11 is 5.46. The number of carbonyl (C=O) groups excluding carboxylic acids is 1. The Morgan fingerprint density at radius 1 is 1.37 bits per heavy atom. The van der Waals surface area contributed by atoms with Crippen molar-refractivity contribution in [2.24, 2.45) is 0 Å². The third-order valence-electron chi connectivity index (χ3n) is 2.79. The van der Waals surface area contributed by atoms with E-state index in [1.165, 1.54) is 0 Å². The molecule has 2 aromatic rings. The second kappa shape index (κ2) is 6.09. The molecule has 0 fully saturated rings. The van der Waals surface area contributed by atoms with Crippen molar-refractivity contribution in [1.82, 2.24) is 4.90 Å². The first-order valence-corrected chi connectivity index (χ1v) is 7.61. The number of aryl methyl sites for hydroxylation is 1. The van der Waals surface area contributed by atoms with Crippen molar-refractivity contribution in [1.29, 1.82) is 0 Å². The molecule has 1 aromatic heterocycles. The molecule has 0 saturated heterocycles. The van der Waals surface area contributed by atoms with Crippen LogP contribution in [-0.2, 0) is 6.54 Å². The topological polar surface area (TPSA) is 33.5 Å². The van der Waals surface area contributed by atoms with E-state index in [1.807, 2.05) is 37.3 Å². The maximum absolute atomic E-state index is 12.4. The molecule has 0 bridgehead atoms. The Balaban J connectivity index is 2.17. The van der Waals surface area contributed by atoms with E-state index in [0.717, 1.165) is 20.5 Å². The monoisotopic (exact) mass is 433 g/mol. The van der Waals surface area contributed by atoms with E-state index in [9.17, 15) is 4.79 Å². The Labute approximate surface area is 134 Å². The van der Waals surface area contributed by atoms with Gasteiger partial charge in [0.05, 0.1) is 12.1 Å². The van der Waals surface area contributed by atoms with Crippen molar-refractivity contribution in [3.63, 3.8) is 0 Å². The highest BCUT2D eigenvalue weighted by Crippen LogP contribution is 2.20. The summed E-state index contributed by atoms with van der Waals surface area (Å²) in [5.74, 6) is 0.756. The fourth-order valence-electron chi connectivity index (χ4n) is 1.76. The van der Waals surface area contributed by atoms with Crippen LogP contribution in [0.2, 0.25) is 0 Å². The van der Waals surface area contributed by atoms with E-state index in [4.69, 9.17) is 4.42 Å². The largest absolute Gasteiger partial charge is 0.452 e. The predicted molar refractivity (Wildman–Crippen MR) is 86.1 cm³/mol. The van der Waals surface area contributed by atoms with Gasteiger partial charge in [0.2, 0.25) is 0 Å². The Morgan fingerprint density at radius 2 is 2.11 bits per heavy atom. The summed E-state index contributed by atoms with van der Waals surface area (Å²) in [5.41, 5.74) is 1.84. The molecule has 19 heavy (non-hydrogen) atoms. The van der Waals surface area contributed by atoms with E-state index < -0.39 is 0 Å². The highest BCUT2D eigenvalue weighted by Gasteiger charge is 2.16. The van der Waals surface area contributed by atoms with Gasteiger partial charge in [0, 0.05) is 10.6 Å². The Morgan fingerprint density at radius 3 is 2.74 bits per heavy atom. The van der Waals surface area contributed by atoms with Crippen molar-refractivity contribution in [2.75, 3.05) is 7.05 Å². The number of hydrogen-bond acceptors (Lipinski definition) is 2. The van der Waals surface area contributed by atoms with Gasteiger partial charge in [-0.15, -0.1) is 0 Å². The van der Waals surface area contributed by atoms with Crippen molar-refractivity contribution >= 4 is 44.4 Å². The molecule has 0 aliphatic rings. The minimum absolute atomic E-state index is 0.000576. The molecular weight excluding hydrogens is 421 g/mol. The minimum atomic E-state index is 0.000576. The number of nitrogens with zero attached hydrogens (tertiary/aromatic N) is 1. The Kier molecular flexibility index (Phi) is 4.67. The Hall–Kier alpha value is -0.820. The van der Waals surface area contributed by atoms with Gasteiger partial charge >= 0.3 is 0 Å². The van der Waals surface area contributed by atoms with Crippen LogP contribution in [0.4, 0.5) is 0 Å². The summed E-state index contributed by atoms with van der Waals surface area (Å²) in [4.78, 5) is 14.1. The van der Waals surface area contributed by atoms with Crippen LogP contribution in [0.3, 0.4) is 0 Å². The van der Waals surface area contributed by atoms with E-state index in [-0.39, 0.29) is 5.91 Å². The van der Waals surface area contributed by atoms with Crippen molar-refractivity contribution < 1.29 is 9.21 Å². The van der Waals surface area contributed by atoms with Crippen molar-refractivity contribution in [3.05, 3.63) is 55.5 Å². The second-order valence-electron chi connectivity index (χ2n) is 4.30. The molecule has 0 aliphatic heterocycles. The van der Waals surface area contributed by atoms with Crippen LogP contribution < -0.4 is 0 Å². The molecule has 5 heteroatoms. The van der Waals surface area contributed by atoms with Gasteiger partial charge in [-0.1, -0.05) is 12.1 Å². The third-order valence-corrected chi connectivity index (χ3v) is 4.65. The maximum Gasteiger partial charge on any atom is 0.255 e. The van der Waals surface area contributed by atoms with Gasteiger partial charge in [0.15, 0.2) is 4.67 Å². The lowest BCUT2D eigenvalue weighted by atomic mass is 10.1. The quantitative estimate of drug-likeness (QED) is 0.678. The van der Waals surface area contributed by atoms with Crippen LogP contribution in [0.15, 0.2) is 39.4 Å². The van der Waals surface area contributed by atoms with Crippen LogP contribution in [0.25, 0.3) is 0 Å². The molecule has 0 radical (unpaired) electrons. The molecule has 0 N–H and O–H groups in total. The van der Waals surface area contributed by atoms with Gasteiger partial charge in [0.25, 0.3) is 5.91 Å². The lowest BCUT2D eigenvalue weighted by Gasteiger charge is -2.17. The number of furan rings is 1. The van der Waals surface area contributed by atoms with Crippen molar-refractivity contribution in [3.8, 4) is 0 Å². The molecule has 0 atom stereocenters. The van der Waals surface area contributed by atoms with E-state index >= 15 is 0 Å². The molecule has 1 heterocycles. The van der Waals surface area contributed by atoms with Gasteiger partial charge in [-0.2, -0.15) is 0 Å². The lowest BCUT2D eigenvalue weighted by Crippen LogP contribution is -2.26. The number of halogens is 2. The zero-order valence-corrected chi connectivity index (χ0v) is 14.4. The molecule has 1 amide bonds. The van der Waals surface area contributed by atoms with Crippen LogP contribution >= 0.6 is 38.5 Å². The van der Waals surface area contributed by atoms with Gasteiger partial charge in [-0.25, -0.2) is 0 Å². The van der Waals surface area contributed by atoms with E-state index in [1.54, 1.807) is 11.9 Å². The SMILES string of the molecule is Cc1cccc(C(=O)N(C)Cc2ccc(Br)o2)c1I. The Bertz CT molecular complexity index is 609. The smallest absolute Gasteiger partial charge is 0.255 e. The molecular formula is C14H13BrINO2. The average molecular weight is 434 g/mol. The van der Waals surface area contributed by atoms with E-state index in [0.29, 0.717) is 11.2 Å². The molecule has 2 rings (SSSR count). The van der Waals surface area contributed by atoms with Crippen LogP contribution in [-0.4, -0.2) is 17.9 Å². The number of amides is 1. The summed E-state index contributed by atoms with van der Waals surface area (Å²) in [6.07, 6.45) is 0. The zero-order chi connectivity index (χ0) is 14.0. The first kappa shape index (κ1) is 14.6. The number of benzene rings is 1. The molecule has 0 aliphatic carbocycles. The van der Waals surface area contributed by atoms with Crippen LogP contribution in [0.5, 0.6) is 0 Å². The summed E-state index contributed by atoms with van der Waals surface area (Å²) in [6, 6.07) is 9.44. The fraction of sp³-hybridized carbons (Fsp3) is 0.214. The number of rotatable bonds is 3. The molecule has 0 saturated carbocycles. The van der Waals surface area contributed by atoms with E-state index in [2.05, 4.69) is 38.5 Å². The van der Waals surface area contributed by atoms with Gasteiger partial charge in [0.1, 0.15) is 5.76 Å². The fourth-order valence-corrected chi connectivity index (χ4v) is 2.69. The first-order valence-electron chi connectivity index (χ1n) is 5.74. The van der Waals surface area contributed by atoms with Crippen molar-refractivity contribution in [2.45, 2.75) is 13.5 Å². The number of hydrogen-bond donors (Lipinski definition) is 0. The minimum Gasteiger partial charge on any atom is -0.452 e. The zero-order valence-electron chi connectivity index (χ0n) is 10.6. The summed E-state index contributed by atoms with van der Waals surface area (Å²) in [5, 5.41) is 0. The summed E-state index contributed by atoms with van der Waals surface area (Å²) in [7, 11) is 1.77.